The Kier molecular flexibility index (Phi) is 8.09. The number of Topliss-reactive ketones (excluding diaryl/α,β-unsaturated/α-hetero) is 1. The van der Waals surface area contributed by atoms with Gasteiger partial charge in [-0.2, -0.15) is 0 Å². The Morgan fingerprint density at radius 3 is 2.23 bits per heavy atom. The number of carbonyl (C=O) groups is 1. The minimum absolute atomic E-state index is 0.0900. The van der Waals surface area contributed by atoms with Gasteiger partial charge in [-0.15, -0.1) is 0 Å². The summed E-state index contributed by atoms with van der Waals surface area (Å²) >= 11 is 0. The van der Waals surface area contributed by atoms with E-state index >= 15 is 0 Å². The molecule has 0 unspecified atom stereocenters. The molecule has 4 aromatic rings. The molecular weight excluding hydrogens is 488 g/mol. The lowest BCUT2D eigenvalue weighted by molar-refractivity contribution is 0.0844. The molecule has 3 N–H and O–H groups in total. The summed E-state index contributed by atoms with van der Waals surface area (Å²) in [4.78, 5) is 13.2. The van der Waals surface area contributed by atoms with Crippen molar-refractivity contribution in [2.75, 3.05) is 0 Å². The van der Waals surface area contributed by atoms with E-state index in [0.29, 0.717) is 12.8 Å². The third-order valence-corrected chi connectivity index (χ3v) is 7.19. The van der Waals surface area contributed by atoms with Crippen LogP contribution in [0, 0.1) is 0 Å². The molecule has 0 bridgehead atoms. The summed E-state index contributed by atoms with van der Waals surface area (Å²) in [6.45, 7) is 0. The molecule has 0 saturated heterocycles. The van der Waals surface area contributed by atoms with Crippen molar-refractivity contribution in [2.24, 2.45) is 0 Å². The molecule has 39 heavy (non-hydrogen) atoms. The fraction of sp³-hybridized carbons (Fsp3) is 0.206. The molecule has 5 rings (SSSR count). The predicted molar refractivity (Wildman–Crippen MR) is 151 cm³/mol. The van der Waals surface area contributed by atoms with Gasteiger partial charge < -0.3 is 20.1 Å². The number of benzene rings is 4. The van der Waals surface area contributed by atoms with E-state index in [0.717, 1.165) is 17.5 Å². The Bertz CT molecular complexity index is 1430. The van der Waals surface area contributed by atoms with Crippen LogP contribution in [0.15, 0.2) is 109 Å². The average Bonchev–Trinajstić information content (AvgIpc) is 2.96. The number of rotatable bonds is 9. The molecule has 1 aliphatic heterocycles. The first-order chi connectivity index (χ1) is 19.0. The van der Waals surface area contributed by atoms with Crippen molar-refractivity contribution < 1.29 is 24.9 Å². The van der Waals surface area contributed by atoms with Gasteiger partial charge in [0, 0.05) is 17.5 Å². The molecule has 0 radical (unpaired) electrons. The summed E-state index contributed by atoms with van der Waals surface area (Å²) in [5, 5.41) is 33.0. The van der Waals surface area contributed by atoms with Crippen molar-refractivity contribution in [3.63, 3.8) is 0 Å². The molecule has 5 heteroatoms. The van der Waals surface area contributed by atoms with E-state index in [1.54, 1.807) is 0 Å². The van der Waals surface area contributed by atoms with Gasteiger partial charge in [0.2, 0.25) is 0 Å². The molecule has 0 saturated carbocycles. The molecule has 0 aromatic heterocycles. The maximum absolute atomic E-state index is 13.2. The topological polar surface area (TPSA) is 87.0 Å². The first kappa shape index (κ1) is 26.3. The van der Waals surface area contributed by atoms with Crippen LogP contribution in [-0.2, 0) is 6.42 Å². The molecule has 1 heterocycles. The monoisotopic (exact) mass is 520 g/mol. The quantitative estimate of drug-likeness (QED) is 0.210. The van der Waals surface area contributed by atoms with Crippen LogP contribution in [0.2, 0.25) is 0 Å². The standard InChI is InChI=1S/C34H32O5/c35-26(20-19-23-11-4-1-5-12-23)17-10-18-27(24-13-6-2-7-14-24)32-28(36)22-31-33(34(32)38)29(37)21-30(39-31)25-15-8-3-9-16-25/h1-16,18,22,26-27,30,35-36,38H,17,19-21H2/b18-10+/t26-,27-,30+/m1/s1. The largest absolute Gasteiger partial charge is 0.507 e. The number of aryl methyl sites for hydroxylation is 1. The highest BCUT2D eigenvalue weighted by Crippen LogP contribution is 2.48. The molecule has 4 aromatic carbocycles. The number of hydrogen-bond acceptors (Lipinski definition) is 5. The highest BCUT2D eigenvalue weighted by molar-refractivity contribution is 6.03. The van der Waals surface area contributed by atoms with Crippen molar-refractivity contribution in [1.82, 2.24) is 0 Å². The summed E-state index contributed by atoms with van der Waals surface area (Å²) in [5.41, 5.74) is 3.20. The number of aliphatic hydroxyl groups excluding tert-OH is 1. The van der Waals surface area contributed by atoms with Crippen LogP contribution in [0.25, 0.3) is 0 Å². The second-order valence-corrected chi connectivity index (χ2v) is 9.91. The van der Waals surface area contributed by atoms with Crippen LogP contribution in [0.4, 0.5) is 0 Å². The summed E-state index contributed by atoms with van der Waals surface area (Å²) in [5.74, 6) is -1.03. The first-order valence-electron chi connectivity index (χ1n) is 13.3. The van der Waals surface area contributed by atoms with E-state index in [-0.39, 0.29) is 40.6 Å². The predicted octanol–water partition coefficient (Wildman–Crippen LogP) is 6.88. The summed E-state index contributed by atoms with van der Waals surface area (Å²) in [6, 6.07) is 30.4. The average molecular weight is 521 g/mol. The van der Waals surface area contributed by atoms with E-state index in [9.17, 15) is 20.1 Å². The number of ether oxygens (including phenoxy) is 1. The smallest absolute Gasteiger partial charge is 0.174 e. The number of aliphatic hydroxyl groups is 1. The third-order valence-electron chi connectivity index (χ3n) is 7.19. The molecule has 0 spiro atoms. The van der Waals surface area contributed by atoms with E-state index < -0.39 is 18.1 Å². The zero-order valence-corrected chi connectivity index (χ0v) is 21.6. The Hall–Kier alpha value is -4.35. The Labute approximate surface area is 228 Å². The Morgan fingerprint density at radius 2 is 1.54 bits per heavy atom. The number of ketones is 1. The zero-order chi connectivity index (χ0) is 27.2. The van der Waals surface area contributed by atoms with Crippen LogP contribution in [0.3, 0.4) is 0 Å². The maximum atomic E-state index is 13.2. The molecule has 0 fully saturated rings. The van der Waals surface area contributed by atoms with E-state index in [1.165, 1.54) is 11.6 Å². The lowest BCUT2D eigenvalue weighted by atomic mass is 9.85. The molecule has 3 atom stereocenters. The van der Waals surface area contributed by atoms with Crippen LogP contribution >= 0.6 is 0 Å². The number of aromatic hydroxyl groups is 2. The highest BCUT2D eigenvalue weighted by Gasteiger charge is 2.34. The van der Waals surface area contributed by atoms with Crippen LogP contribution in [0.1, 0.15) is 63.9 Å². The summed E-state index contributed by atoms with van der Waals surface area (Å²) in [7, 11) is 0. The number of phenols is 2. The molecular formula is C34H32O5. The maximum Gasteiger partial charge on any atom is 0.174 e. The third kappa shape index (κ3) is 6.05. The van der Waals surface area contributed by atoms with E-state index in [1.807, 2.05) is 103 Å². The second kappa shape index (κ2) is 12.0. The fourth-order valence-corrected chi connectivity index (χ4v) is 5.14. The number of allylic oxidation sites excluding steroid dienone is 1. The van der Waals surface area contributed by atoms with Gasteiger partial charge in [-0.25, -0.2) is 0 Å². The van der Waals surface area contributed by atoms with E-state index in [2.05, 4.69) is 0 Å². The van der Waals surface area contributed by atoms with Crippen molar-refractivity contribution >= 4 is 5.78 Å². The summed E-state index contributed by atoms with van der Waals surface area (Å²) in [6.07, 6.45) is 4.62. The summed E-state index contributed by atoms with van der Waals surface area (Å²) < 4.78 is 6.07. The Morgan fingerprint density at radius 1 is 0.897 bits per heavy atom. The first-order valence-corrected chi connectivity index (χ1v) is 13.3. The van der Waals surface area contributed by atoms with Gasteiger partial charge in [-0.1, -0.05) is 103 Å². The molecule has 198 valence electrons. The van der Waals surface area contributed by atoms with Gasteiger partial charge in [0.15, 0.2) is 5.78 Å². The number of hydrogen-bond donors (Lipinski definition) is 3. The normalized spacial score (nSPS) is 16.4. The van der Waals surface area contributed by atoms with Gasteiger partial charge in [-0.3, -0.25) is 4.79 Å². The minimum Gasteiger partial charge on any atom is -0.507 e. The Balaban J connectivity index is 1.41. The number of fused-ring (bicyclic) bond motifs is 1. The van der Waals surface area contributed by atoms with Crippen molar-refractivity contribution in [2.45, 2.75) is 43.8 Å². The lowest BCUT2D eigenvalue weighted by Crippen LogP contribution is -2.21. The number of carbonyl (C=O) groups excluding carboxylic acids is 1. The fourth-order valence-electron chi connectivity index (χ4n) is 5.14. The lowest BCUT2D eigenvalue weighted by Gasteiger charge is -2.28. The molecule has 0 amide bonds. The van der Waals surface area contributed by atoms with Crippen LogP contribution in [-0.4, -0.2) is 27.2 Å². The van der Waals surface area contributed by atoms with Gasteiger partial charge in [-0.05, 0) is 36.0 Å². The van der Waals surface area contributed by atoms with Crippen LogP contribution < -0.4 is 4.74 Å². The second-order valence-electron chi connectivity index (χ2n) is 9.91. The molecule has 1 aliphatic rings. The van der Waals surface area contributed by atoms with Crippen LogP contribution in [0.5, 0.6) is 17.2 Å². The van der Waals surface area contributed by atoms with Crippen molar-refractivity contribution in [3.8, 4) is 17.2 Å². The minimum atomic E-state index is -0.534. The zero-order valence-electron chi connectivity index (χ0n) is 21.6. The van der Waals surface area contributed by atoms with Gasteiger partial charge >= 0.3 is 0 Å². The highest BCUT2D eigenvalue weighted by atomic mass is 16.5. The van der Waals surface area contributed by atoms with Gasteiger partial charge in [0.25, 0.3) is 0 Å². The van der Waals surface area contributed by atoms with E-state index in [4.69, 9.17) is 4.74 Å². The molecule has 0 aliphatic carbocycles. The molecule has 5 nitrogen and oxygen atoms in total. The van der Waals surface area contributed by atoms with Gasteiger partial charge in [0.05, 0.1) is 12.5 Å². The SMILES string of the molecule is O=C1C[C@@H](c2ccccc2)Oc2cc(O)c([C@H](/C=C/C[C@@H](O)CCc3ccccc3)c3ccccc3)c(O)c21. The number of phenolic OH excluding ortho intramolecular Hbond substituents is 2. The van der Waals surface area contributed by atoms with Gasteiger partial charge in [0.1, 0.15) is 28.9 Å². The van der Waals surface area contributed by atoms with Crippen molar-refractivity contribution in [3.05, 3.63) is 137 Å². The van der Waals surface area contributed by atoms with Crippen molar-refractivity contribution in [1.29, 1.82) is 0 Å².